The lowest BCUT2D eigenvalue weighted by Gasteiger charge is -2.37. The van der Waals surface area contributed by atoms with Crippen LogP contribution < -0.4 is 0 Å². The van der Waals surface area contributed by atoms with Gasteiger partial charge in [-0.25, -0.2) is 0 Å². The topological polar surface area (TPSA) is 88.8 Å². The van der Waals surface area contributed by atoms with Crippen molar-refractivity contribution in [2.75, 3.05) is 32.8 Å². The predicted octanol–water partition coefficient (Wildman–Crippen LogP) is 2.55. The third-order valence-electron chi connectivity index (χ3n) is 6.15. The molecule has 2 saturated heterocycles. The first-order valence-electron chi connectivity index (χ1n) is 11.1. The van der Waals surface area contributed by atoms with Gasteiger partial charge in [-0.1, -0.05) is 23.4 Å². The van der Waals surface area contributed by atoms with Crippen molar-refractivity contribution < 1.29 is 18.8 Å². The van der Waals surface area contributed by atoms with E-state index in [1.807, 2.05) is 40.1 Å². The number of ether oxygens (including phenoxy) is 1. The Kier molecular flexibility index (Phi) is 6.96. The molecular formula is C23H30N4O4. The molecule has 1 aromatic carbocycles. The predicted molar refractivity (Wildman–Crippen MR) is 114 cm³/mol. The van der Waals surface area contributed by atoms with Crippen LogP contribution in [0.25, 0.3) is 11.5 Å². The van der Waals surface area contributed by atoms with Crippen molar-refractivity contribution in [1.29, 1.82) is 0 Å². The summed E-state index contributed by atoms with van der Waals surface area (Å²) in [4.78, 5) is 32.6. The van der Waals surface area contributed by atoms with E-state index in [0.717, 1.165) is 37.8 Å². The van der Waals surface area contributed by atoms with E-state index < -0.39 is 0 Å². The molecule has 1 aromatic heterocycles. The van der Waals surface area contributed by atoms with Gasteiger partial charge >= 0.3 is 0 Å². The molecule has 1 unspecified atom stereocenters. The summed E-state index contributed by atoms with van der Waals surface area (Å²) in [6, 6.07) is 9.69. The summed E-state index contributed by atoms with van der Waals surface area (Å²) >= 11 is 0. The zero-order chi connectivity index (χ0) is 21.6. The van der Waals surface area contributed by atoms with Crippen LogP contribution in [0, 0.1) is 5.92 Å². The molecule has 0 spiro atoms. The molecule has 0 aliphatic carbocycles. The summed E-state index contributed by atoms with van der Waals surface area (Å²) in [7, 11) is 0. The number of hydrogen-bond acceptors (Lipinski definition) is 6. The third kappa shape index (κ3) is 5.50. The Morgan fingerprint density at radius 2 is 1.87 bits per heavy atom. The Hall–Kier alpha value is -2.74. The van der Waals surface area contributed by atoms with E-state index in [1.54, 1.807) is 6.92 Å². The van der Waals surface area contributed by atoms with E-state index >= 15 is 0 Å². The van der Waals surface area contributed by atoms with Crippen molar-refractivity contribution in [1.82, 2.24) is 19.9 Å². The Balaban J connectivity index is 1.22. The van der Waals surface area contributed by atoms with Gasteiger partial charge in [0.15, 0.2) is 5.82 Å². The highest BCUT2D eigenvalue weighted by molar-refractivity contribution is 5.80. The number of rotatable bonds is 6. The minimum atomic E-state index is 0.0186. The maximum absolute atomic E-state index is 12.9. The molecule has 2 aliphatic rings. The normalized spacial score (nSPS) is 20.1. The quantitative estimate of drug-likeness (QED) is 0.705. The fraction of sp³-hybridized carbons (Fsp3) is 0.565. The number of benzene rings is 1. The molecule has 4 rings (SSSR count). The molecule has 8 heteroatoms. The molecule has 0 saturated carbocycles. The molecule has 166 valence electrons. The van der Waals surface area contributed by atoms with Crippen LogP contribution in [0.5, 0.6) is 0 Å². The number of likely N-dealkylation sites (tertiary alicyclic amines) is 2. The Bertz CT molecular complexity index is 877. The van der Waals surface area contributed by atoms with Gasteiger partial charge < -0.3 is 19.1 Å². The van der Waals surface area contributed by atoms with Gasteiger partial charge in [0.25, 0.3) is 5.89 Å². The lowest BCUT2D eigenvalue weighted by Crippen LogP contribution is -2.48. The molecular weight excluding hydrogens is 396 g/mol. The first-order chi connectivity index (χ1) is 15.1. The fourth-order valence-electron chi connectivity index (χ4n) is 4.34. The summed E-state index contributed by atoms with van der Waals surface area (Å²) in [5, 5.41) is 4.04. The van der Waals surface area contributed by atoms with E-state index in [0.29, 0.717) is 44.4 Å². The maximum atomic E-state index is 12.9. The number of nitrogens with zero attached hydrogens (tertiary/aromatic N) is 4. The number of carbonyl (C=O) groups is 2. The van der Waals surface area contributed by atoms with E-state index in [4.69, 9.17) is 9.26 Å². The van der Waals surface area contributed by atoms with Crippen LogP contribution in [0.15, 0.2) is 34.9 Å². The van der Waals surface area contributed by atoms with Crippen molar-refractivity contribution in [3.8, 4) is 11.5 Å². The summed E-state index contributed by atoms with van der Waals surface area (Å²) in [6.45, 7) is 4.86. The van der Waals surface area contributed by atoms with Crippen molar-refractivity contribution in [3.05, 3.63) is 36.2 Å². The molecule has 31 heavy (non-hydrogen) atoms. The molecule has 2 amide bonds. The Labute approximate surface area is 182 Å². The molecule has 2 fully saturated rings. The van der Waals surface area contributed by atoms with Crippen molar-refractivity contribution in [3.63, 3.8) is 0 Å². The molecule has 0 N–H and O–H groups in total. The lowest BCUT2D eigenvalue weighted by molar-refractivity contribution is -0.143. The van der Waals surface area contributed by atoms with Crippen LogP contribution >= 0.6 is 0 Å². The zero-order valence-corrected chi connectivity index (χ0v) is 18.0. The van der Waals surface area contributed by atoms with Crippen LogP contribution in [0.1, 0.15) is 38.4 Å². The van der Waals surface area contributed by atoms with E-state index in [1.165, 1.54) is 0 Å². The van der Waals surface area contributed by atoms with Crippen molar-refractivity contribution >= 4 is 11.8 Å². The van der Waals surface area contributed by atoms with Crippen LogP contribution in [-0.2, 0) is 20.7 Å². The molecule has 3 heterocycles. The molecule has 1 atom stereocenters. The summed E-state index contributed by atoms with van der Waals surface area (Å²) in [6.07, 6.45) is 4.02. The number of aromatic nitrogens is 2. The van der Waals surface area contributed by atoms with Crippen LogP contribution in [0.2, 0.25) is 0 Å². The lowest BCUT2D eigenvalue weighted by atomic mass is 9.94. The van der Waals surface area contributed by atoms with E-state index in [2.05, 4.69) is 10.1 Å². The van der Waals surface area contributed by atoms with Crippen LogP contribution in [0.4, 0.5) is 0 Å². The first-order valence-corrected chi connectivity index (χ1v) is 11.1. The molecule has 2 aromatic rings. The van der Waals surface area contributed by atoms with Crippen LogP contribution in [0.3, 0.4) is 0 Å². The van der Waals surface area contributed by atoms with Crippen molar-refractivity contribution in [2.24, 2.45) is 5.92 Å². The average Bonchev–Trinajstić information content (AvgIpc) is 3.28. The monoisotopic (exact) mass is 426 g/mol. The number of piperidine rings is 2. The molecule has 0 radical (unpaired) electrons. The summed E-state index contributed by atoms with van der Waals surface area (Å²) < 4.78 is 11.4. The van der Waals surface area contributed by atoms with Gasteiger partial charge in [-0.05, 0) is 37.8 Å². The summed E-state index contributed by atoms with van der Waals surface area (Å²) in [5.74, 6) is 1.46. The van der Waals surface area contributed by atoms with Gasteiger partial charge in [-0.2, -0.15) is 4.98 Å². The van der Waals surface area contributed by atoms with Gasteiger partial charge in [0, 0.05) is 51.0 Å². The molecule has 8 nitrogen and oxygen atoms in total. The summed E-state index contributed by atoms with van der Waals surface area (Å²) in [5.41, 5.74) is 0.901. The maximum Gasteiger partial charge on any atom is 0.257 e. The van der Waals surface area contributed by atoms with Gasteiger partial charge in [-0.15, -0.1) is 0 Å². The highest BCUT2D eigenvalue weighted by Gasteiger charge is 2.32. The van der Waals surface area contributed by atoms with E-state index in [-0.39, 0.29) is 23.8 Å². The number of amides is 2. The standard InChI is InChI=1S/C23H30N4O4/c1-17(28)26-13-9-19(10-14-26)23(29)27-12-5-8-20(16-27)30-15-11-21-24-22(31-25-21)18-6-3-2-4-7-18/h2-4,6-7,19-20H,5,8-16H2,1H3. The second-order valence-corrected chi connectivity index (χ2v) is 8.33. The molecule has 2 aliphatic heterocycles. The first kappa shape index (κ1) is 21.5. The van der Waals surface area contributed by atoms with Gasteiger partial charge in [-0.3, -0.25) is 9.59 Å². The third-order valence-corrected chi connectivity index (χ3v) is 6.15. The van der Waals surface area contributed by atoms with Crippen molar-refractivity contribution in [2.45, 2.75) is 45.1 Å². The van der Waals surface area contributed by atoms with Gasteiger partial charge in [0.1, 0.15) is 0 Å². The number of hydrogen-bond donors (Lipinski definition) is 0. The smallest absolute Gasteiger partial charge is 0.257 e. The Morgan fingerprint density at radius 3 is 2.61 bits per heavy atom. The van der Waals surface area contributed by atoms with Crippen LogP contribution in [-0.4, -0.2) is 70.6 Å². The second-order valence-electron chi connectivity index (χ2n) is 8.33. The second kappa shape index (κ2) is 10.0. The minimum Gasteiger partial charge on any atom is -0.376 e. The largest absolute Gasteiger partial charge is 0.376 e. The SMILES string of the molecule is CC(=O)N1CCC(C(=O)N2CCCC(OCCc3noc(-c4ccccc4)n3)C2)CC1. The zero-order valence-electron chi connectivity index (χ0n) is 18.0. The Morgan fingerprint density at radius 1 is 1.10 bits per heavy atom. The highest BCUT2D eigenvalue weighted by atomic mass is 16.5. The fourth-order valence-corrected chi connectivity index (χ4v) is 4.34. The van der Waals surface area contributed by atoms with Gasteiger partial charge in [0.2, 0.25) is 11.8 Å². The van der Waals surface area contributed by atoms with Gasteiger partial charge in [0.05, 0.1) is 12.7 Å². The average molecular weight is 427 g/mol. The molecule has 0 bridgehead atoms. The highest BCUT2D eigenvalue weighted by Crippen LogP contribution is 2.23. The number of carbonyl (C=O) groups excluding carboxylic acids is 2. The minimum absolute atomic E-state index is 0.0186. The van der Waals surface area contributed by atoms with E-state index in [9.17, 15) is 9.59 Å².